The Morgan fingerprint density at radius 3 is 1.52 bits per heavy atom. The number of rotatable bonds is 43. The first-order valence-electron chi connectivity index (χ1n) is 25.2. The highest BCUT2D eigenvalue weighted by molar-refractivity contribution is 5.77. The Hall–Kier alpha value is -3.48. The number of unbranched alkanes of at least 4 members (excludes halogenated alkanes) is 18. The van der Waals surface area contributed by atoms with Crippen LogP contribution in [0.25, 0.3) is 0 Å². The van der Waals surface area contributed by atoms with E-state index in [1.165, 1.54) is 77.0 Å². The van der Waals surface area contributed by atoms with Gasteiger partial charge in [-0.15, -0.1) is 0 Å². The lowest BCUT2D eigenvalue weighted by Gasteiger charge is -2.24. The molecule has 0 aromatic carbocycles. The van der Waals surface area contributed by atoms with Gasteiger partial charge in [0.2, 0.25) is 5.91 Å². The summed E-state index contributed by atoms with van der Waals surface area (Å²) in [5.41, 5.74) is 0. The van der Waals surface area contributed by atoms with Crippen molar-refractivity contribution in [2.24, 2.45) is 0 Å². The van der Waals surface area contributed by atoms with Crippen LogP contribution in [-0.4, -0.2) is 46.9 Å². The molecule has 0 fully saturated rings. The fourth-order valence-corrected chi connectivity index (χ4v) is 6.94. The second kappa shape index (κ2) is 48.6. The van der Waals surface area contributed by atoms with Crippen molar-refractivity contribution in [3.05, 3.63) is 109 Å². The quantitative estimate of drug-likeness (QED) is 0.0246. The first kappa shape index (κ1) is 58.5. The van der Waals surface area contributed by atoms with Crippen LogP contribution in [0.15, 0.2) is 109 Å². The van der Waals surface area contributed by atoms with Gasteiger partial charge in [0.25, 0.3) is 0 Å². The molecule has 3 N–H and O–H groups in total. The van der Waals surface area contributed by atoms with Gasteiger partial charge in [0.05, 0.1) is 25.2 Å². The second-order valence-electron chi connectivity index (χ2n) is 16.6. The Kier molecular flexibility index (Phi) is 45.8. The summed E-state index contributed by atoms with van der Waals surface area (Å²) in [6.45, 7) is 6.26. The van der Waals surface area contributed by atoms with E-state index in [-0.39, 0.29) is 24.9 Å². The maximum atomic E-state index is 13.2. The minimum Gasteiger partial charge on any atom is -0.462 e. The lowest BCUT2D eigenvalue weighted by Crippen LogP contribution is -2.46. The van der Waals surface area contributed by atoms with Crippen molar-refractivity contribution in [2.45, 2.75) is 225 Å². The van der Waals surface area contributed by atoms with Crippen LogP contribution >= 0.6 is 0 Å². The van der Waals surface area contributed by atoms with Crippen LogP contribution in [0, 0.1) is 0 Å². The van der Waals surface area contributed by atoms with E-state index in [0.29, 0.717) is 19.3 Å². The zero-order valence-corrected chi connectivity index (χ0v) is 40.0. The molecule has 0 aliphatic heterocycles. The van der Waals surface area contributed by atoms with Gasteiger partial charge in [-0.2, -0.15) is 0 Å². The van der Waals surface area contributed by atoms with E-state index in [1.807, 2.05) is 60.8 Å². The lowest BCUT2D eigenvalue weighted by atomic mass is 10.0. The molecule has 0 radical (unpaired) electrons. The van der Waals surface area contributed by atoms with Crippen molar-refractivity contribution in [2.75, 3.05) is 6.61 Å². The van der Waals surface area contributed by atoms with Gasteiger partial charge in [0.1, 0.15) is 6.10 Å². The summed E-state index contributed by atoms with van der Waals surface area (Å²) in [6, 6.07) is -0.737. The van der Waals surface area contributed by atoms with E-state index < -0.39 is 18.2 Å². The van der Waals surface area contributed by atoms with Gasteiger partial charge >= 0.3 is 5.97 Å². The normalized spacial score (nSPS) is 14.2. The number of hydrogen-bond acceptors (Lipinski definition) is 5. The third-order valence-corrected chi connectivity index (χ3v) is 10.7. The van der Waals surface area contributed by atoms with E-state index in [2.05, 4.69) is 74.7 Å². The van der Waals surface area contributed by atoms with Crippen LogP contribution in [0.5, 0.6) is 0 Å². The number of nitrogens with one attached hydrogen (secondary N) is 1. The zero-order chi connectivity index (χ0) is 45.2. The molecule has 6 nitrogen and oxygen atoms in total. The van der Waals surface area contributed by atoms with Crippen molar-refractivity contribution < 1.29 is 24.5 Å². The molecule has 0 spiro atoms. The van der Waals surface area contributed by atoms with Crippen LogP contribution in [0.2, 0.25) is 0 Å². The standard InChI is InChI=1S/C56H93NO5/c1-4-7-10-13-16-19-22-24-26-27-29-31-34-37-40-43-46-49-56(61)62-52(47-44-41-38-35-33-30-28-25-23-20-17-14-11-8-5-2)50-55(60)57-53(51-58)54(59)48-45-42-39-36-32-21-18-15-12-9-6-3/h8,11,14,16-17,19-20,23-26,28-31,33,35,38,52-54,58-59H,4-7,9-10,12-13,15,18,21-22,27,32,34,36-37,39-51H2,1-3H3,(H,57,60)/b11-8-,17-14+,19-16-,23-20+,26-24-,28-25-,31-29-,33-30+,38-35+. The van der Waals surface area contributed by atoms with Crippen LogP contribution < -0.4 is 5.32 Å². The van der Waals surface area contributed by atoms with Gasteiger partial charge < -0.3 is 20.3 Å². The molecule has 3 unspecified atom stereocenters. The van der Waals surface area contributed by atoms with E-state index in [9.17, 15) is 19.8 Å². The van der Waals surface area contributed by atoms with E-state index >= 15 is 0 Å². The summed E-state index contributed by atoms with van der Waals surface area (Å²) in [7, 11) is 0. The fourth-order valence-electron chi connectivity index (χ4n) is 6.94. The number of carbonyl (C=O) groups excluding carboxylic acids is 2. The minimum atomic E-state index is -0.818. The molecule has 0 rings (SSSR count). The summed E-state index contributed by atoms with van der Waals surface area (Å²) >= 11 is 0. The Morgan fingerprint density at radius 1 is 0.500 bits per heavy atom. The van der Waals surface area contributed by atoms with Gasteiger partial charge in [-0.25, -0.2) is 0 Å². The maximum absolute atomic E-state index is 13.2. The number of esters is 1. The molecule has 6 heteroatoms. The van der Waals surface area contributed by atoms with Gasteiger partial charge in [-0.1, -0.05) is 226 Å². The number of ether oxygens (including phenoxy) is 1. The Morgan fingerprint density at radius 2 is 0.952 bits per heavy atom. The van der Waals surface area contributed by atoms with Gasteiger partial charge in [0, 0.05) is 6.42 Å². The molecule has 0 bridgehead atoms. The number of aliphatic hydroxyl groups excluding tert-OH is 2. The average Bonchev–Trinajstić information content (AvgIpc) is 3.26. The molecule has 352 valence electrons. The van der Waals surface area contributed by atoms with Crippen molar-refractivity contribution in [3.8, 4) is 0 Å². The van der Waals surface area contributed by atoms with Crippen molar-refractivity contribution in [1.29, 1.82) is 0 Å². The SMILES string of the molecule is CC\C=C/C=C/C=C/C=C\C=C\C=C\CCCC(CC(=O)NC(CO)C(O)CCCCCCCCCCCCC)OC(=O)CCCCCC/C=C\C/C=C\C/C=C\CCCCC. The van der Waals surface area contributed by atoms with Gasteiger partial charge in [-0.3, -0.25) is 9.59 Å². The van der Waals surface area contributed by atoms with Crippen LogP contribution in [0.3, 0.4) is 0 Å². The van der Waals surface area contributed by atoms with E-state index in [1.54, 1.807) is 0 Å². The van der Waals surface area contributed by atoms with Crippen LogP contribution in [0.4, 0.5) is 0 Å². The molecular formula is C56H93NO5. The number of carbonyl (C=O) groups is 2. The van der Waals surface area contributed by atoms with E-state index in [4.69, 9.17) is 4.74 Å². The number of hydrogen-bond donors (Lipinski definition) is 3. The molecule has 0 aliphatic rings. The first-order chi connectivity index (χ1) is 30.5. The average molecular weight is 860 g/mol. The number of allylic oxidation sites excluding steroid dienone is 18. The Bertz CT molecular complexity index is 1280. The molecule has 0 saturated heterocycles. The number of amides is 1. The zero-order valence-electron chi connectivity index (χ0n) is 40.0. The Balaban J connectivity index is 4.80. The molecular weight excluding hydrogens is 767 g/mol. The molecule has 0 aromatic rings. The molecule has 62 heavy (non-hydrogen) atoms. The van der Waals surface area contributed by atoms with Crippen LogP contribution in [-0.2, 0) is 14.3 Å². The summed E-state index contributed by atoms with van der Waals surface area (Å²) in [6.07, 6.45) is 65.7. The number of aliphatic hydroxyl groups is 2. The summed E-state index contributed by atoms with van der Waals surface area (Å²) in [5.74, 6) is -0.585. The van der Waals surface area contributed by atoms with Crippen molar-refractivity contribution >= 4 is 11.9 Å². The first-order valence-corrected chi connectivity index (χ1v) is 25.2. The minimum absolute atomic E-state index is 0.0106. The second-order valence-corrected chi connectivity index (χ2v) is 16.6. The van der Waals surface area contributed by atoms with Gasteiger partial charge in [-0.05, 0) is 77.0 Å². The summed E-state index contributed by atoms with van der Waals surface area (Å²) in [5, 5.41) is 23.7. The third-order valence-electron chi connectivity index (χ3n) is 10.7. The topological polar surface area (TPSA) is 95.9 Å². The van der Waals surface area contributed by atoms with E-state index in [0.717, 1.165) is 83.5 Å². The third kappa shape index (κ3) is 43.2. The largest absolute Gasteiger partial charge is 0.462 e. The highest BCUT2D eigenvalue weighted by atomic mass is 16.5. The smallest absolute Gasteiger partial charge is 0.306 e. The van der Waals surface area contributed by atoms with Crippen LogP contribution in [0.1, 0.15) is 207 Å². The fraction of sp³-hybridized carbons (Fsp3) is 0.643. The molecule has 0 heterocycles. The van der Waals surface area contributed by atoms with Gasteiger partial charge in [0.15, 0.2) is 0 Å². The summed E-state index contributed by atoms with van der Waals surface area (Å²) in [4.78, 5) is 26.1. The molecule has 1 amide bonds. The highest BCUT2D eigenvalue weighted by Gasteiger charge is 2.24. The summed E-state index contributed by atoms with van der Waals surface area (Å²) < 4.78 is 5.88. The molecule has 0 aromatic heterocycles. The lowest BCUT2D eigenvalue weighted by molar-refractivity contribution is -0.151. The van der Waals surface area contributed by atoms with Crippen molar-refractivity contribution in [1.82, 2.24) is 5.32 Å². The highest BCUT2D eigenvalue weighted by Crippen LogP contribution is 2.16. The molecule has 0 aliphatic carbocycles. The van der Waals surface area contributed by atoms with Crippen molar-refractivity contribution in [3.63, 3.8) is 0 Å². The predicted octanol–water partition coefficient (Wildman–Crippen LogP) is 15.1. The Labute approximate surface area is 381 Å². The monoisotopic (exact) mass is 860 g/mol. The predicted molar refractivity (Wildman–Crippen MR) is 268 cm³/mol. The maximum Gasteiger partial charge on any atom is 0.306 e. The molecule has 3 atom stereocenters. The molecule has 0 saturated carbocycles.